The van der Waals surface area contributed by atoms with Crippen LogP contribution in [0.3, 0.4) is 0 Å². The Morgan fingerprint density at radius 3 is 2.39 bits per heavy atom. The van der Waals surface area contributed by atoms with Crippen molar-refractivity contribution in [3.8, 4) is 11.1 Å². The summed E-state index contributed by atoms with van der Waals surface area (Å²) in [7, 11) is 0. The normalized spacial score (nSPS) is 17.3. The van der Waals surface area contributed by atoms with Gasteiger partial charge in [0, 0.05) is 41.7 Å². The standard InChI is InChI=1S/C36H35FN2O5/c1-23-22-30(40)43-33-26(23)14-15-29-32(33)31(24-10-4-2-5-11-24)35(42-29)34(27-12-6-7-13-28(27)37)44-36(41)39-20-16-25(17-21-39)38-18-8-3-9-19-38/h2,4-7,10-15,22,25,34H,3,8-9,16-21H2,1H3. The Kier molecular flexibility index (Phi) is 7.68. The van der Waals surface area contributed by atoms with Gasteiger partial charge in [0.2, 0.25) is 0 Å². The van der Waals surface area contributed by atoms with Crippen LogP contribution in [0.15, 0.2) is 86.4 Å². The number of hydrogen-bond acceptors (Lipinski definition) is 6. The van der Waals surface area contributed by atoms with Crippen LogP contribution in [0.4, 0.5) is 9.18 Å². The molecular formula is C36H35FN2O5. The fourth-order valence-corrected chi connectivity index (χ4v) is 6.87. The van der Waals surface area contributed by atoms with Crippen molar-refractivity contribution in [2.45, 2.75) is 51.2 Å². The van der Waals surface area contributed by atoms with Gasteiger partial charge in [-0.2, -0.15) is 0 Å². The Morgan fingerprint density at radius 2 is 1.64 bits per heavy atom. The van der Waals surface area contributed by atoms with E-state index < -0.39 is 23.6 Å². The monoisotopic (exact) mass is 594 g/mol. The number of ether oxygens (including phenoxy) is 1. The van der Waals surface area contributed by atoms with Crippen LogP contribution < -0.4 is 5.63 Å². The first-order chi connectivity index (χ1) is 21.5. The van der Waals surface area contributed by atoms with Crippen molar-refractivity contribution >= 4 is 28.0 Å². The lowest BCUT2D eigenvalue weighted by Gasteiger charge is -2.40. The van der Waals surface area contributed by atoms with Crippen molar-refractivity contribution in [1.82, 2.24) is 9.80 Å². The molecule has 2 aliphatic rings. The molecule has 0 spiro atoms. The van der Waals surface area contributed by atoms with E-state index in [9.17, 15) is 9.59 Å². The molecule has 2 aromatic heterocycles. The summed E-state index contributed by atoms with van der Waals surface area (Å²) < 4.78 is 34.0. The van der Waals surface area contributed by atoms with Crippen molar-refractivity contribution in [3.63, 3.8) is 0 Å². The smallest absolute Gasteiger partial charge is 0.410 e. The highest BCUT2D eigenvalue weighted by Gasteiger charge is 2.35. The van der Waals surface area contributed by atoms with Crippen molar-refractivity contribution in [2.24, 2.45) is 0 Å². The number of hydrogen-bond donors (Lipinski definition) is 0. The quantitative estimate of drug-likeness (QED) is 0.193. The fraction of sp³-hybridized carbons (Fsp3) is 0.333. The van der Waals surface area contributed by atoms with E-state index in [1.165, 1.54) is 31.4 Å². The Labute approximate surface area is 254 Å². The summed E-state index contributed by atoms with van der Waals surface area (Å²) in [6.45, 7) is 5.24. The number of aryl methyl sites for hydroxylation is 1. The first kappa shape index (κ1) is 28.3. The van der Waals surface area contributed by atoms with Crippen molar-refractivity contribution in [1.29, 1.82) is 0 Å². The average molecular weight is 595 g/mol. The maximum Gasteiger partial charge on any atom is 0.410 e. The average Bonchev–Trinajstić information content (AvgIpc) is 3.45. The number of furan rings is 1. The van der Waals surface area contributed by atoms with Crippen LogP contribution in [0.1, 0.15) is 55.1 Å². The van der Waals surface area contributed by atoms with Gasteiger partial charge in [-0.3, -0.25) is 0 Å². The van der Waals surface area contributed by atoms with Gasteiger partial charge in [-0.25, -0.2) is 14.0 Å². The molecule has 0 saturated carbocycles. The van der Waals surface area contributed by atoms with E-state index in [0.717, 1.165) is 42.4 Å². The number of amides is 1. The van der Waals surface area contributed by atoms with Gasteiger partial charge in [0.05, 0.1) is 5.39 Å². The number of piperidine rings is 2. The van der Waals surface area contributed by atoms with E-state index in [4.69, 9.17) is 13.6 Å². The Balaban J connectivity index is 1.32. The third-order valence-electron chi connectivity index (χ3n) is 9.13. The molecule has 0 radical (unpaired) electrons. The van der Waals surface area contributed by atoms with Gasteiger partial charge in [-0.05, 0) is 75.0 Å². The number of halogens is 1. The number of rotatable bonds is 5. The molecule has 8 heteroatoms. The molecule has 4 heterocycles. The highest BCUT2D eigenvalue weighted by Crippen LogP contribution is 2.45. The first-order valence-corrected chi connectivity index (χ1v) is 15.5. The molecule has 44 heavy (non-hydrogen) atoms. The van der Waals surface area contributed by atoms with Crippen molar-refractivity contribution in [2.75, 3.05) is 26.2 Å². The van der Waals surface area contributed by atoms with E-state index in [-0.39, 0.29) is 11.3 Å². The van der Waals surface area contributed by atoms with Crippen LogP contribution in [0.5, 0.6) is 0 Å². The van der Waals surface area contributed by atoms with Gasteiger partial charge in [-0.15, -0.1) is 0 Å². The molecule has 2 saturated heterocycles. The molecule has 7 rings (SSSR count). The fourth-order valence-electron chi connectivity index (χ4n) is 6.87. The van der Waals surface area contributed by atoms with Gasteiger partial charge in [0.15, 0.2) is 11.9 Å². The summed E-state index contributed by atoms with van der Waals surface area (Å²) in [5.74, 6) is -0.245. The zero-order valence-corrected chi connectivity index (χ0v) is 24.8. The lowest BCUT2D eigenvalue weighted by Crippen LogP contribution is -2.48. The van der Waals surface area contributed by atoms with Crippen molar-refractivity contribution in [3.05, 3.63) is 106 Å². The highest BCUT2D eigenvalue weighted by atomic mass is 19.1. The molecule has 0 bridgehead atoms. The minimum Gasteiger partial charge on any atom is -0.456 e. The molecule has 226 valence electrons. The van der Waals surface area contributed by atoms with Gasteiger partial charge in [0.1, 0.15) is 17.0 Å². The van der Waals surface area contributed by atoms with E-state index in [2.05, 4.69) is 4.90 Å². The molecule has 1 amide bonds. The number of fused-ring (bicyclic) bond motifs is 3. The van der Waals surface area contributed by atoms with E-state index in [1.54, 1.807) is 23.1 Å². The zero-order chi connectivity index (χ0) is 30.2. The van der Waals surface area contributed by atoms with Crippen LogP contribution in [0.2, 0.25) is 0 Å². The third kappa shape index (κ3) is 5.28. The third-order valence-corrected chi connectivity index (χ3v) is 9.13. The second kappa shape index (κ2) is 11.9. The topological polar surface area (TPSA) is 76.1 Å². The molecule has 0 aliphatic carbocycles. The van der Waals surface area contributed by atoms with Crippen LogP contribution in [0, 0.1) is 12.7 Å². The maximum atomic E-state index is 15.5. The van der Waals surface area contributed by atoms with Crippen LogP contribution in [-0.2, 0) is 4.74 Å². The molecule has 7 nitrogen and oxygen atoms in total. The lowest BCUT2D eigenvalue weighted by molar-refractivity contribution is 0.0462. The summed E-state index contributed by atoms with van der Waals surface area (Å²) in [6.07, 6.45) is 3.80. The van der Waals surface area contributed by atoms with Gasteiger partial charge >= 0.3 is 11.7 Å². The SMILES string of the molecule is Cc1cc(=O)oc2c1ccc1oc(C(OC(=O)N3CCC(N4CCCCC4)CC3)c3ccccc3F)c(-c3ccccc3)c12. The molecule has 0 N–H and O–H groups in total. The minimum absolute atomic E-state index is 0.183. The Bertz CT molecular complexity index is 1870. The van der Waals surface area contributed by atoms with Gasteiger partial charge in [0.25, 0.3) is 0 Å². The predicted molar refractivity (Wildman–Crippen MR) is 167 cm³/mol. The molecule has 5 aromatic rings. The van der Waals surface area contributed by atoms with Crippen LogP contribution in [0.25, 0.3) is 33.1 Å². The largest absolute Gasteiger partial charge is 0.456 e. The summed E-state index contributed by atoms with van der Waals surface area (Å²) in [4.78, 5) is 30.6. The Hall–Kier alpha value is -4.43. The van der Waals surface area contributed by atoms with E-state index in [0.29, 0.717) is 41.2 Å². The van der Waals surface area contributed by atoms with E-state index in [1.807, 2.05) is 49.4 Å². The highest BCUT2D eigenvalue weighted by molar-refractivity contribution is 6.11. The zero-order valence-electron chi connectivity index (χ0n) is 24.8. The number of carbonyl (C=O) groups excluding carboxylic acids is 1. The molecule has 3 aromatic carbocycles. The number of carbonyl (C=O) groups is 1. The molecule has 1 unspecified atom stereocenters. The Morgan fingerprint density at radius 1 is 0.909 bits per heavy atom. The number of likely N-dealkylation sites (tertiary alicyclic amines) is 2. The predicted octanol–water partition coefficient (Wildman–Crippen LogP) is 7.83. The molecule has 1 atom stereocenters. The molecular weight excluding hydrogens is 559 g/mol. The second-order valence-corrected chi connectivity index (χ2v) is 11.9. The lowest BCUT2D eigenvalue weighted by atomic mass is 9.95. The van der Waals surface area contributed by atoms with E-state index >= 15 is 4.39 Å². The van der Waals surface area contributed by atoms with Gasteiger partial charge in [-0.1, -0.05) is 55.0 Å². The summed E-state index contributed by atoms with van der Waals surface area (Å²) in [5, 5.41) is 1.34. The molecule has 2 aliphatic heterocycles. The summed E-state index contributed by atoms with van der Waals surface area (Å²) in [6, 6.07) is 21.3. The first-order valence-electron chi connectivity index (χ1n) is 15.5. The summed E-state index contributed by atoms with van der Waals surface area (Å²) in [5.41, 5.74) is 2.64. The molecule has 2 fully saturated rings. The van der Waals surface area contributed by atoms with Gasteiger partial charge < -0.3 is 23.4 Å². The number of nitrogens with zero attached hydrogens (tertiary/aromatic N) is 2. The number of benzene rings is 3. The van der Waals surface area contributed by atoms with Crippen LogP contribution >= 0.6 is 0 Å². The van der Waals surface area contributed by atoms with Crippen LogP contribution in [-0.4, -0.2) is 48.1 Å². The summed E-state index contributed by atoms with van der Waals surface area (Å²) >= 11 is 0. The second-order valence-electron chi connectivity index (χ2n) is 11.9. The van der Waals surface area contributed by atoms with Crippen molar-refractivity contribution < 1.29 is 22.8 Å². The maximum absolute atomic E-state index is 15.5. The minimum atomic E-state index is -1.18.